The van der Waals surface area contributed by atoms with Gasteiger partial charge in [-0.2, -0.15) is 0 Å². The van der Waals surface area contributed by atoms with Gasteiger partial charge in [0.1, 0.15) is 11.5 Å². The van der Waals surface area contributed by atoms with Gasteiger partial charge in [-0.3, -0.25) is 0 Å². The van der Waals surface area contributed by atoms with Gasteiger partial charge in [-0.15, -0.1) is 0 Å². The molecule has 316 valence electrons. The number of ether oxygens (including phenoxy) is 5. The summed E-state index contributed by atoms with van der Waals surface area (Å²) in [5.41, 5.74) is 10.8. The smallest absolute Gasteiger partial charge is 0.133 e. The molecule has 0 aromatic heterocycles. The van der Waals surface area contributed by atoms with Gasteiger partial charge in [0.2, 0.25) is 0 Å². The fraction of sp³-hybridized carbons (Fsp3) is 0.727. The second-order valence-electron chi connectivity index (χ2n) is 16.2. The molecule has 0 spiro atoms. The van der Waals surface area contributed by atoms with Gasteiger partial charge >= 0.3 is 0 Å². The van der Waals surface area contributed by atoms with E-state index < -0.39 is 24.4 Å². The van der Waals surface area contributed by atoms with Crippen molar-refractivity contribution in [3.05, 3.63) is 44.5 Å². The number of rotatable bonds is 24. The summed E-state index contributed by atoms with van der Waals surface area (Å²) in [4.78, 5) is 4.61. The van der Waals surface area contributed by atoms with Crippen LogP contribution in [0.5, 0.6) is 11.5 Å². The first-order valence-corrected chi connectivity index (χ1v) is 20.1. The molecule has 4 N–H and O–H groups in total. The molecule has 2 aromatic rings. The minimum absolute atomic E-state index is 0.149. The van der Waals surface area contributed by atoms with Crippen LogP contribution in [0.25, 0.3) is 0 Å². The van der Waals surface area contributed by atoms with Crippen molar-refractivity contribution in [1.82, 2.24) is 0 Å². The SMILES string of the molecule is Cc1c(C)c(N(CC(C)OCC(C)O)CC(C)OCC(C)O)c(C)c(C)c1Oc1c(C)c(C)c(N(CC(C)OCC(C)O)CC(C)OCC(C)O)c(C)c1C. The van der Waals surface area contributed by atoms with E-state index in [1.807, 2.05) is 27.7 Å². The van der Waals surface area contributed by atoms with Crippen molar-refractivity contribution >= 4 is 11.4 Å². The molecule has 8 atom stereocenters. The maximum atomic E-state index is 9.87. The molecule has 0 aliphatic rings. The second-order valence-corrected chi connectivity index (χ2v) is 16.2. The Bertz CT molecular complexity index is 1290. The van der Waals surface area contributed by atoms with Gasteiger partial charge in [-0.25, -0.2) is 0 Å². The van der Waals surface area contributed by atoms with E-state index in [1.54, 1.807) is 27.7 Å². The van der Waals surface area contributed by atoms with Crippen LogP contribution in [-0.2, 0) is 18.9 Å². The largest absolute Gasteiger partial charge is 0.456 e. The summed E-state index contributed by atoms with van der Waals surface area (Å²) in [5.74, 6) is 1.68. The lowest BCUT2D eigenvalue weighted by molar-refractivity contribution is 0.00000760. The Morgan fingerprint density at radius 2 is 0.564 bits per heavy atom. The number of hydrogen-bond donors (Lipinski definition) is 4. The molecule has 0 saturated heterocycles. The van der Waals surface area contributed by atoms with Crippen molar-refractivity contribution < 1.29 is 44.1 Å². The predicted molar refractivity (Wildman–Crippen MR) is 224 cm³/mol. The molecule has 2 rings (SSSR count). The molecule has 8 unspecified atom stereocenters. The van der Waals surface area contributed by atoms with E-state index in [9.17, 15) is 20.4 Å². The molecule has 0 radical (unpaired) electrons. The zero-order chi connectivity index (χ0) is 41.9. The Balaban J connectivity index is 2.64. The van der Waals surface area contributed by atoms with Crippen LogP contribution in [0.4, 0.5) is 11.4 Å². The van der Waals surface area contributed by atoms with Crippen molar-refractivity contribution in [2.24, 2.45) is 0 Å². The van der Waals surface area contributed by atoms with Crippen LogP contribution < -0.4 is 14.5 Å². The van der Waals surface area contributed by atoms with E-state index in [1.165, 1.54) is 0 Å². The number of hydrogen-bond acceptors (Lipinski definition) is 11. The fourth-order valence-corrected chi connectivity index (χ4v) is 7.05. The fourth-order valence-electron chi connectivity index (χ4n) is 7.05. The Morgan fingerprint density at radius 3 is 0.745 bits per heavy atom. The van der Waals surface area contributed by atoms with Gasteiger partial charge in [-0.05, 0) is 155 Å². The van der Waals surface area contributed by atoms with E-state index >= 15 is 0 Å². The van der Waals surface area contributed by atoms with Crippen molar-refractivity contribution in [3.8, 4) is 11.5 Å². The van der Waals surface area contributed by atoms with E-state index in [0.29, 0.717) is 26.2 Å². The molecule has 55 heavy (non-hydrogen) atoms. The molecule has 0 saturated carbocycles. The third-order valence-electron chi connectivity index (χ3n) is 10.3. The zero-order valence-electron chi connectivity index (χ0n) is 37.0. The minimum atomic E-state index is -0.554. The van der Waals surface area contributed by atoms with Crippen LogP contribution in [0.15, 0.2) is 0 Å². The van der Waals surface area contributed by atoms with E-state index in [2.05, 4.69) is 65.2 Å². The Labute approximate surface area is 332 Å². The summed E-state index contributed by atoms with van der Waals surface area (Å²) < 4.78 is 31.0. The molecule has 0 heterocycles. The van der Waals surface area contributed by atoms with Crippen molar-refractivity contribution in [2.45, 2.75) is 160 Å². The van der Waals surface area contributed by atoms with Crippen LogP contribution in [0.2, 0.25) is 0 Å². The predicted octanol–water partition coefficient (Wildman–Crippen LogP) is 6.70. The third-order valence-corrected chi connectivity index (χ3v) is 10.3. The first-order chi connectivity index (χ1) is 25.6. The Kier molecular flexibility index (Phi) is 19.9. The third kappa shape index (κ3) is 14.4. The van der Waals surface area contributed by atoms with E-state index in [0.717, 1.165) is 67.4 Å². The van der Waals surface area contributed by atoms with E-state index in [-0.39, 0.29) is 50.8 Å². The van der Waals surface area contributed by atoms with Crippen molar-refractivity contribution in [2.75, 3.05) is 62.4 Å². The summed E-state index contributed by atoms with van der Waals surface area (Å²) in [7, 11) is 0. The first kappa shape index (κ1) is 48.7. The number of aliphatic hydroxyl groups excluding tert-OH is 4. The van der Waals surface area contributed by atoms with Crippen LogP contribution in [-0.4, -0.2) is 122 Å². The molecule has 0 fully saturated rings. The Hall–Kier alpha value is -2.48. The van der Waals surface area contributed by atoms with Gasteiger partial charge in [0.25, 0.3) is 0 Å². The summed E-state index contributed by atoms with van der Waals surface area (Å²) in [5, 5.41) is 39.5. The molecule has 2 aromatic carbocycles. The highest BCUT2D eigenvalue weighted by molar-refractivity contribution is 5.72. The van der Waals surface area contributed by atoms with Gasteiger partial charge < -0.3 is 53.9 Å². The maximum Gasteiger partial charge on any atom is 0.133 e. The standard InChI is InChI=1S/C44H76N2O9/c1-25(47)21-51-29(5)17-45(18-30(6)52-22-26(2)48)41-33(9)37(13)43(38(14)34(41)10)55-44-39(15)35(11)42(36(12)40(44)16)46(19-31(7)53-23-27(3)49)20-32(8)54-24-28(4)50/h25-32,47-50H,17-24H2,1-16H3. The summed E-state index contributed by atoms with van der Waals surface area (Å²) in [6.07, 6.45) is -2.81. The number of nitrogens with zero attached hydrogens (tertiary/aromatic N) is 2. The highest BCUT2D eigenvalue weighted by atomic mass is 16.5. The molecule has 0 bridgehead atoms. The van der Waals surface area contributed by atoms with Crippen molar-refractivity contribution in [3.63, 3.8) is 0 Å². The van der Waals surface area contributed by atoms with Crippen LogP contribution in [0, 0.1) is 55.4 Å². The van der Waals surface area contributed by atoms with Gasteiger partial charge in [0.05, 0.1) is 75.3 Å². The van der Waals surface area contributed by atoms with Crippen LogP contribution in [0.3, 0.4) is 0 Å². The average Bonchev–Trinajstić information content (AvgIpc) is 3.09. The Morgan fingerprint density at radius 1 is 0.364 bits per heavy atom. The molecule has 0 aliphatic carbocycles. The van der Waals surface area contributed by atoms with Crippen LogP contribution in [0.1, 0.15) is 99.9 Å². The molecular weight excluding hydrogens is 700 g/mol. The first-order valence-electron chi connectivity index (χ1n) is 20.1. The topological polar surface area (TPSA) is 134 Å². The molecule has 11 nitrogen and oxygen atoms in total. The summed E-state index contributed by atoms with van der Waals surface area (Å²) in [6.45, 7) is 35.4. The summed E-state index contributed by atoms with van der Waals surface area (Å²) >= 11 is 0. The minimum Gasteiger partial charge on any atom is -0.456 e. The van der Waals surface area contributed by atoms with Gasteiger partial charge in [0.15, 0.2) is 0 Å². The lowest BCUT2D eigenvalue weighted by Crippen LogP contribution is -2.40. The highest BCUT2D eigenvalue weighted by Crippen LogP contribution is 2.44. The van der Waals surface area contributed by atoms with Gasteiger partial charge in [-0.1, -0.05) is 0 Å². The second kappa shape index (κ2) is 22.5. The monoisotopic (exact) mass is 777 g/mol. The number of benzene rings is 2. The normalized spacial score (nSPS) is 16.3. The summed E-state index contributed by atoms with van der Waals surface area (Å²) in [6, 6.07) is 0. The lowest BCUT2D eigenvalue weighted by Gasteiger charge is -2.35. The number of anilines is 2. The molecule has 11 heteroatoms. The zero-order valence-corrected chi connectivity index (χ0v) is 37.0. The van der Waals surface area contributed by atoms with Crippen molar-refractivity contribution in [1.29, 1.82) is 0 Å². The lowest BCUT2D eigenvalue weighted by atomic mass is 9.94. The molecular formula is C44H76N2O9. The quantitative estimate of drug-likeness (QED) is 0.0908. The van der Waals surface area contributed by atoms with Gasteiger partial charge in [0, 0.05) is 37.6 Å². The maximum absolute atomic E-state index is 9.87. The molecule has 0 aliphatic heterocycles. The van der Waals surface area contributed by atoms with Crippen LogP contribution >= 0.6 is 0 Å². The average molecular weight is 777 g/mol. The van der Waals surface area contributed by atoms with E-state index in [4.69, 9.17) is 23.7 Å². The highest BCUT2D eigenvalue weighted by Gasteiger charge is 2.27. The number of aliphatic hydroxyl groups is 4. The molecule has 0 amide bonds.